The smallest absolute Gasteiger partial charge is 0.270 e. The Hall–Kier alpha value is -1.69. The van der Waals surface area contributed by atoms with Crippen molar-refractivity contribution in [2.24, 2.45) is 4.99 Å². The molecule has 6 heteroatoms. The monoisotopic (exact) mass is 292 g/mol. The van der Waals surface area contributed by atoms with Gasteiger partial charge in [-0.3, -0.25) is 15.1 Å². The van der Waals surface area contributed by atoms with Gasteiger partial charge in [-0.05, 0) is 24.4 Å². The van der Waals surface area contributed by atoms with Crippen LogP contribution in [-0.2, 0) is 0 Å². The fourth-order valence-electron chi connectivity index (χ4n) is 2.14. The van der Waals surface area contributed by atoms with Gasteiger partial charge in [-0.25, -0.2) is 0 Å². The Morgan fingerprint density at radius 1 is 1.40 bits per heavy atom. The molecule has 108 valence electrons. The summed E-state index contributed by atoms with van der Waals surface area (Å²) in [5.41, 5.74) is 0.485. The number of phenols is 1. The molecule has 0 bridgehead atoms. The maximum absolute atomic E-state index is 11.0. The molecule has 1 aromatic carbocycles. The van der Waals surface area contributed by atoms with Crippen LogP contribution >= 0.6 is 0 Å². The van der Waals surface area contributed by atoms with E-state index >= 15 is 0 Å². The molecular formula is C14H20N2O3Si. The lowest BCUT2D eigenvalue weighted by Crippen LogP contribution is -2.38. The first kappa shape index (κ1) is 14.7. The molecule has 0 radical (unpaired) electrons. The lowest BCUT2D eigenvalue weighted by molar-refractivity contribution is -0.384. The van der Waals surface area contributed by atoms with E-state index in [9.17, 15) is 15.2 Å². The minimum atomic E-state index is -1.85. The quantitative estimate of drug-likeness (QED) is 0.401. The van der Waals surface area contributed by atoms with E-state index in [0.717, 1.165) is 12.8 Å². The summed E-state index contributed by atoms with van der Waals surface area (Å²) in [6, 6.07) is 3.22. The molecule has 0 spiro atoms. The van der Waals surface area contributed by atoms with E-state index in [2.05, 4.69) is 24.6 Å². The minimum Gasteiger partial charge on any atom is -0.507 e. The summed E-state index contributed by atoms with van der Waals surface area (Å²) in [4.78, 5) is 15.0. The third-order valence-electron chi connectivity index (χ3n) is 3.64. The fourth-order valence-corrected chi connectivity index (χ4v) is 3.57. The fraction of sp³-hybridized carbons (Fsp3) is 0.500. The third-order valence-corrected chi connectivity index (χ3v) is 5.64. The van der Waals surface area contributed by atoms with E-state index < -0.39 is 13.0 Å². The lowest BCUT2D eigenvalue weighted by Gasteiger charge is -2.21. The van der Waals surface area contributed by atoms with E-state index in [1.807, 2.05) is 0 Å². The van der Waals surface area contributed by atoms with Crippen LogP contribution in [0.3, 0.4) is 0 Å². The number of aliphatic imine (C=N–C) groups is 1. The molecule has 0 atom stereocenters. The highest BCUT2D eigenvalue weighted by Gasteiger charge is 2.26. The number of hydrogen-bond donors (Lipinski definition) is 1. The van der Waals surface area contributed by atoms with Crippen molar-refractivity contribution >= 4 is 25.2 Å². The standard InChI is InChI=1S/C14H20N2O3Si/c1-20(2,3)13-8-12(16(18)19)7-10(14(13)17)9-15-11-5-4-6-11/h7-9,11,17H,4-6H2,1-3H3. The molecule has 0 saturated heterocycles. The van der Waals surface area contributed by atoms with Crippen molar-refractivity contribution < 1.29 is 10.0 Å². The second-order valence-electron chi connectivity index (χ2n) is 6.30. The van der Waals surface area contributed by atoms with Gasteiger partial charge < -0.3 is 5.11 Å². The van der Waals surface area contributed by atoms with Gasteiger partial charge in [0.1, 0.15) is 5.75 Å². The number of hydrogen-bond acceptors (Lipinski definition) is 4. The predicted molar refractivity (Wildman–Crippen MR) is 83.0 cm³/mol. The molecule has 1 fully saturated rings. The van der Waals surface area contributed by atoms with Crippen molar-refractivity contribution in [3.8, 4) is 5.75 Å². The van der Waals surface area contributed by atoms with Gasteiger partial charge in [0.05, 0.1) is 13.0 Å². The maximum Gasteiger partial charge on any atom is 0.270 e. The van der Waals surface area contributed by atoms with Gasteiger partial charge in [-0.15, -0.1) is 0 Å². The number of nitrogens with zero attached hydrogens (tertiary/aromatic N) is 2. The highest BCUT2D eigenvalue weighted by molar-refractivity contribution is 6.89. The molecule has 0 aromatic heterocycles. The molecule has 1 saturated carbocycles. The highest BCUT2D eigenvalue weighted by Crippen LogP contribution is 2.25. The first-order valence-corrected chi connectivity index (χ1v) is 10.3. The second-order valence-corrected chi connectivity index (χ2v) is 11.3. The largest absolute Gasteiger partial charge is 0.507 e. The van der Waals surface area contributed by atoms with Crippen LogP contribution in [0.4, 0.5) is 5.69 Å². The topological polar surface area (TPSA) is 75.7 Å². The Labute approximate surface area is 119 Å². The summed E-state index contributed by atoms with van der Waals surface area (Å²) in [5, 5.41) is 22.1. The van der Waals surface area contributed by atoms with Crippen LogP contribution in [-0.4, -0.2) is 30.4 Å². The van der Waals surface area contributed by atoms with E-state index in [4.69, 9.17) is 0 Å². The van der Waals surface area contributed by atoms with Gasteiger partial charge in [0.25, 0.3) is 5.69 Å². The maximum atomic E-state index is 11.0. The molecule has 0 aliphatic heterocycles. The molecule has 1 N–H and O–H groups in total. The van der Waals surface area contributed by atoms with Crippen molar-refractivity contribution in [1.82, 2.24) is 0 Å². The van der Waals surface area contributed by atoms with Crippen LogP contribution < -0.4 is 5.19 Å². The van der Waals surface area contributed by atoms with E-state index in [1.165, 1.54) is 18.6 Å². The second kappa shape index (κ2) is 5.36. The molecular weight excluding hydrogens is 272 g/mol. The summed E-state index contributed by atoms with van der Waals surface area (Å²) in [6.45, 7) is 6.16. The average Bonchev–Trinajstić information content (AvgIpc) is 2.27. The van der Waals surface area contributed by atoms with E-state index in [0.29, 0.717) is 16.8 Å². The van der Waals surface area contributed by atoms with Gasteiger partial charge in [0.2, 0.25) is 0 Å². The Kier molecular flexibility index (Phi) is 3.94. The molecule has 0 unspecified atom stereocenters. The normalized spacial score (nSPS) is 16.4. The first-order chi connectivity index (χ1) is 9.29. The molecule has 5 nitrogen and oxygen atoms in total. The van der Waals surface area contributed by atoms with Gasteiger partial charge in [0, 0.05) is 30.0 Å². The van der Waals surface area contributed by atoms with Gasteiger partial charge in [0.15, 0.2) is 0 Å². The number of phenolic OH excluding ortho intramolecular Hbond substituents is 1. The first-order valence-electron chi connectivity index (χ1n) is 6.84. The molecule has 1 aliphatic carbocycles. The zero-order chi connectivity index (χ0) is 14.9. The lowest BCUT2D eigenvalue weighted by atomic mass is 9.94. The van der Waals surface area contributed by atoms with Crippen LogP contribution in [0.15, 0.2) is 17.1 Å². The Morgan fingerprint density at radius 2 is 2.05 bits per heavy atom. The Balaban J connectivity index is 2.45. The molecule has 20 heavy (non-hydrogen) atoms. The number of rotatable bonds is 4. The molecule has 1 aromatic rings. The van der Waals surface area contributed by atoms with Crippen molar-refractivity contribution in [3.05, 3.63) is 27.8 Å². The summed E-state index contributed by atoms with van der Waals surface area (Å²) in [6.07, 6.45) is 4.90. The SMILES string of the molecule is C[Si](C)(C)c1cc([N+](=O)[O-])cc(C=NC2CCC2)c1O. The third kappa shape index (κ3) is 3.06. The Bertz CT molecular complexity index is 560. The molecule has 2 rings (SSSR count). The zero-order valence-corrected chi connectivity index (χ0v) is 13.1. The molecule has 0 heterocycles. The Morgan fingerprint density at radius 3 is 2.50 bits per heavy atom. The zero-order valence-electron chi connectivity index (χ0n) is 12.1. The van der Waals surface area contributed by atoms with Crippen LogP contribution in [0.25, 0.3) is 0 Å². The number of non-ortho nitro benzene ring substituents is 1. The number of nitro benzene ring substituents is 1. The van der Waals surface area contributed by atoms with Crippen molar-refractivity contribution in [2.45, 2.75) is 44.9 Å². The van der Waals surface area contributed by atoms with Crippen LogP contribution in [0, 0.1) is 10.1 Å². The summed E-state index contributed by atoms with van der Waals surface area (Å²) in [5.74, 6) is 0.151. The van der Waals surface area contributed by atoms with Gasteiger partial charge in [-0.1, -0.05) is 19.6 Å². The van der Waals surface area contributed by atoms with E-state index in [-0.39, 0.29) is 11.4 Å². The number of nitro groups is 1. The van der Waals surface area contributed by atoms with Crippen molar-refractivity contribution in [1.29, 1.82) is 0 Å². The summed E-state index contributed by atoms with van der Waals surface area (Å²) in [7, 11) is -1.85. The highest BCUT2D eigenvalue weighted by atomic mass is 28.3. The van der Waals surface area contributed by atoms with E-state index in [1.54, 1.807) is 6.21 Å². The van der Waals surface area contributed by atoms with Gasteiger partial charge >= 0.3 is 0 Å². The predicted octanol–water partition coefficient (Wildman–Crippen LogP) is 2.82. The summed E-state index contributed by atoms with van der Waals surface area (Å²) >= 11 is 0. The number of benzene rings is 1. The van der Waals surface area contributed by atoms with Crippen LogP contribution in [0.2, 0.25) is 19.6 Å². The molecule has 0 amide bonds. The average molecular weight is 292 g/mol. The van der Waals surface area contributed by atoms with Crippen LogP contribution in [0.1, 0.15) is 24.8 Å². The van der Waals surface area contributed by atoms with Crippen LogP contribution in [0.5, 0.6) is 5.75 Å². The summed E-state index contributed by atoms with van der Waals surface area (Å²) < 4.78 is 0. The molecule has 1 aliphatic rings. The van der Waals surface area contributed by atoms with Crippen molar-refractivity contribution in [2.75, 3.05) is 0 Å². The number of aromatic hydroxyl groups is 1. The minimum absolute atomic E-state index is 0.0234. The van der Waals surface area contributed by atoms with Gasteiger partial charge in [-0.2, -0.15) is 0 Å². The van der Waals surface area contributed by atoms with Crippen molar-refractivity contribution in [3.63, 3.8) is 0 Å².